The molecular weight excluding hydrogens is 430 g/mol. The summed E-state index contributed by atoms with van der Waals surface area (Å²) in [5.41, 5.74) is 1.86. The normalized spacial score (nSPS) is 10.1. The Balaban J connectivity index is 0.000000454. The maximum absolute atomic E-state index is 12.5. The third-order valence-electron chi connectivity index (χ3n) is 4.26. The monoisotopic (exact) mass is 463 g/mol. The van der Waals surface area contributed by atoms with E-state index in [1.165, 1.54) is 12.0 Å². The average molecular weight is 464 g/mol. The zero-order valence-electron chi connectivity index (χ0n) is 19.9. The first-order valence-corrected chi connectivity index (χ1v) is 12.0. The molecule has 0 radical (unpaired) electrons. The van der Waals surface area contributed by atoms with E-state index in [1.54, 1.807) is 23.9 Å². The second-order valence-electron chi connectivity index (χ2n) is 6.62. The predicted octanol–water partition coefficient (Wildman–Crippen LogP) is 7.74. The lowest BCUT2D eigenvalue weighted by Crippen LogP contribution is -2.14. The molecule has 3 aromatic rings. The topological polar surface area (TPSA) is 55.7 Å². The molecular formula is C28H33NO3S. The number of Topliss-reactive ketones (excluding diaryl/α,β-unsaturated/α-hetero) is 1. The van der Waals surface area contributed by atoms with E-state index in [9.17, 15) is 9.59 Å². The smallest absolute Gasteiger partial charge is 0.210 e. The van der Waals surface area contributed by atoms with Crippen LogP contribution in [0.1, 0.15) is 60.7 Å². The Bertz CT molecular complexity index is 955. The second kappa shape index (κ2) is 17.4. The highest BCUT2D eigenvalue weighted by Gasteiger charge is 2.14. The summed E-state index contributed by atoms with van der Waals surface area (Å²) >= 11 is 1.67. The molecule has 0 bridgehead atoms. The van der Waals surface area contributed by atoms with Crippen molar-refractivity contribution in [3.63, 3.8) is 0 Å². The summed E-state index contributed by atoms with van der Waals surface area (Å²) in [4.78, 5) is 29.6. The molecule has 174 valence electrons. The minimum absolute atomic E-state index is 0.0587. The SMILES string of the molecule is CC.CCCC/C(=N/OC)C(=O)c1ccc(Sc2ccccc2)cc1.O=Cc1ccccc1. The van der Waals surface area contributed by atoms with Crippen LogP contribution in [0.15, 0.2) is 99.9 Å². The van der Waals surface area contributed by atoms with Gasteiger partial charge in [0.05, 0.1) is 0 Å². The lowest BCUT2D eigenvalue weighted by atomic mass is 10.0. The van der Waals surface area contributed by atoms with Crippen LogP contribution < -0.4 is 0 Å². The maximum Gasteiger partial charge on any atom is 0.210 e. The van der Waals surface area contributed by atoms with Gasteiger partial charge in [0.15, 0.2) is 0 Å². The average Bonchev–Trinajstić information content (AvgIpc) is 2.89. The van der Waals surface area contributed by atoms with Gasteiger partial charge in [0.2, 0.25) is 5.78 Å². The quantitative estimate of drug-likeness (QED) is 0.141. The fraction of sp³-hybridized carbons (Fsp3) is 0.250. The number of carbonyl (C=O) groups excluding carboxylic acids is 2. The summed E-state index contributed by atoms with van der Waals surface area (Å²) in [6.45, 7) is 6.09. The number of unbranched alkanes of at least 4 members (excludes halogenated alkanes) is 1. The minimum atomic E-state index is -0.0587. The number of aldehydes is 1. The molecule has 3 aromatic carbocycles. The van der Waals surface area contributed by atoms with E-state index in [1.807, 2.05) is 74.5 Å². The first-order chi connectivity index (χ1) is 16.2. The predicted molar refractivity (Wildman–Crippen MR) is 138 cm³/mol. The Labute approximate surface area is 202 Å². The van der Waals surface area contributed by atoms with Crippen molar-refractivity contribution in [1.29, 1.82) is 0 Å². The molecule has 0 aliphatic carbocycles. The molecule has 0 aromatic heterocycles. The standard InChI is InChI=1S/C19H21NO2S.C7H6O.C2H6/c1-3-4-10-18(20-22-2)19(21)15-11-13-17(14-12-15)23-16-8-6-5-7-9-16;8-6-7-4-2-1-3-5-7;1-2/h5-9,11-14H,3-4,10H2,1-2H3;1-6H;1-2H3/b20-18-;;. The van der Waals surface area contributed by atoms with E-state index in [0.717, 1.165) is 29.6 Å². The van der Waals surface area contributed by atoms with Crippen molar-refractivity contribution in [2.24, 2.45) is 5.16 Å². The molecule has 0 aliphatic heterocycles. The summed E-state index contributed by atoms with van der Waals surface area (Å²) in [5.74, 6) is -0.0587. The van der Waals surface area contributed by atoms with Crippen LogP contribution in [0.5, 0.6) is 0 Å². The van der Waals surface area contributed by atoms with Crippen LogP contribution in [0.3, 0.4) is 0 Å². The van der Waals surface area contributed by atoms with Gasteiger partial charge in [0.1, 0.15) is 19.1 Å². The molecule has 0 saturated heterocycles. The molecule has 0 atom stereocenters. The van der Waals surface area contributed by atoms with E-state index in [0.29, 0.717) is 17.7 Å². The van der Waals surface area contributed by atoms with Gasteiger partial charge in [0.25, 0.3) is 0 Å². The number of hydrogen-bond acceptors (Lipinski definition) is 5. The summed E-state index contributed by atoms with van der Waals surface area (Å²) in [6, 6.07) is 26.9. The van der Waals surface area contributed by atoms with E-state index in [-0.39, 0.29) is 5.78 Å². The Morgan fingerprint density at radius 3 is 1.91 bits per heavy atom. The van der Waals surface area contributed by atoms with Gasteiger partial charge in [-0.3, -0.25) is 9.59 Å². The number of nitrogens with zero attached hydrogens (tertiary/aromatic N) is 1. The zero-order valence-corrected chi connectivity index (χ0v) is 20.7. The van der Waals surface area contributed by atoms with Crippen LogP contribution >= 0.6 is 11.8 Å². The van der Waals surface area contributed by atoms with Gasteiger partial charge in [0, 0.05) is 20.9 Å². The molecule has 4 nitrogen and oxygen atoms in total. The maximum atomic E-state index is 12.5. The van der Waals surface area contributed by atoms with Crippen LogP contribution in [0.4, 0.5) is 0 Å². The first kappa shape index (κ1) is 27.9. The number of ketones is 1. The lowest BCUT2D eigenvalue weighted by Gasteiger charge is -2.06. The number of oxime groups is 1. The van der Waals surface area contributed by atoms with E-state index in [4.69, 9.17) is 4.84 Å². The second-order valence-corrected chi connectivity index (χ2v) is 7.77. The van der Waals surface area contributed by atoms with Gasteiger partial charge < -0.3 is 4.84 Å². The van der Waals surface area contributed by atoms with Crippen molar-refractivity contribution >= 4 is 29.5 Å². The number of hydrogen-bond donors (Lipinski definition) is 0. The fourth-order valence-electron chi connectivity index (χ4n) is 2.65. The van der Waals surface area contributed by atoms with Gasteiger partial charge in [-0.25, -0.2) is 0 Å². The third-order valence-corrected chi connectivity index (χ3v) is 5.28. The Morgan fingerprint density at radius 1 is 0.879 bits per heavy atom. The van der Waals surface area contributed by atoms with Crippen molar-refractivity contribution in [2.75, 3.05) is 7.11 Å². The van der Waals surface area contributed by atoms with Crippen molar-refractivity contribution in [3.05, 3.63) is 96.1 Å². The molecule has 0 heterocycles. The first-order valence-electron chi connectivity index (χ1n) is 11.2. The Kier molecular flexibility index (Phi) is 14.7. The van der Waals surface area contributed by atoms with E-state index < -0.39 is 0 Å². The van der Waals surface area contributed by atoms with Gasteiger partial charge >= 0.3 is 0 Å². The summed E-state index contributed by atoms with van der Waals surface area (Å²) in [5, 5.41) is 3.89. The summed E-state index contributed by atoms with van der Waals surface area (Å²) < 4.78 is 0. The highest BCUT2D eigenvalue weighted by Crippen LogP contribution is 2.27. The van der Waals surface area contributed by atoms with Gasteiger partial charge in [-0.2, -0.15) is 0 Å². The minimum Gasteiger partial charge on any atom is -0.399 e. The third kappa shape index (κ3) is 10.8. The molecule has 0 fully saturated rings. The largest absolute Gasteiger partial charge is 0.399 e. The van der Waals surface area contributed by atoms with Crippen molar-refractivity contribution < 1.29 is 14.4 Å². The lowest BCUT2D eigenvalue weighted by molar-refractivity contribution is 0.105. The molecule has 0 N–H and O–H groups in total. The fourth-order valence-corrected chi connectivity index (χ4v) is 3.49. The van der Waals surface area contributed by atoms with Crippen molar-refractivity contribution in [1.82, 2.24) is 0 Å². The molecule has 5 heteroatoms. The zero-order chi connectivity index (χ0) is 24.3. The Hall–Kier alpha value is -3.18. The Morgan fingerprint density at radius 2 is 1.42 bits per heavy atom. The molecule has 0 saturated carbocycles. The highest BCUT2D eigenvalue weighted by atomic mass is 32.2. The van der Waals surface area contributed by atoms with Crippen LogP contribution in [0.25, 0.3) is 0 Å². The molecule has 0 unspecified atom stereocenters. The van der Waals surface area contributed by atoms with Crippen LogP contribution in [-0.2, 0) is 4.84 Å². The van der Waals surface area contributed by atoms with Gasteiger partial charge in [-0.15, -0.1) is 0 Å². The number of carbonyl (C=O) groups is 2. The van der Waals surface area contributed by atoms with Crippen LogP contribution in [0, 0.1) is 0 Å². The van der Waals surface area contributed by atoms with Crippen LogP contribution in [-0.4, -0.2) is 24.9 Å². The molecule has 0 amide bonds. The van der Waals surface area contributed by atoms with Crippen molar-refractivity contribution in [3.8, 4) is 0 Å². The van der Waals surface area contributed by atoms with Crippen LogP contribution in [0.2, 0.25) is 0 Å². The number of rotatable bonds is 9. The highest BCUT2D eigenvalue weighted by molar-refractivity contribution is 7.99. The van der Waals surface area contributed by atoms with E-state index in [2.05, 4.69) is 24.2 Å². The molecule has 0 aliphatic rings. The molecule has 3 rings (SSSR count). The molecule has 33 heavy (non-hydrogen) atoms. The van der Waals surface area contributed by atoms with Crippen molar-refractivity contribution in [2.45, 2.75) is 49.8 Å². The van der Waals surface area contributed by atoms with Gasteiger partial charge in [-0.05, 0) is 49.2 Å². The summed E-state index contributed by atoms with van der Waals surface area (Å²) in [7, 11) is 1.47. The van der Waals surface area contributed by atoms with Gasteiger partial charge in [-0.1, -0.05) is 92.6 Å². The number of benzene rings is 3. The van der Waals surface area contributed by atoms with E-state index >= 15 is 0 Å². The molecule has 0 spiro atoms. The summed E-state index contributed by atoms with van der Waals surface area (Å²) in [6.07, 6.45) is 3.42.